The molecular weight excluding hydrogens is 246 g/mol. The van der Waals surface area contributed by atoms with Gasteiger partial charge in [0.25, 0.3) is 0 Å². The highest BCUT2D eigenvalue weighted by Crippen LogP contribution is 2.18. The lowest BCUT2D eigenvalue weighted by molar-refractivity contribution is 0.309. The Labute approximate surface area is 123 Å². The van der Waals surface area contributed by atoms with Gasteiger partial charge >= 0.3 is 0 Å². The summed E-state index contributed by atoms with van der Waals surface area (Å²) in [6.45, 7) is 4.00. The van der Waals surface area contributed by atoms with Gasteiger partial charge in [0, 0.05) is 12.6 Å². The molecule has 0 radical (unpaired) electrons. The van der Waals surface area contributed by atoms with Crippen LogP contribution in [0.4, 0.5) is 0 Å². The molecule has 0 heterocycles. The zero-order valence-electron chi connectivity index (χ0n) is 12.9. The van der Waals surface area contributed by atoms with Gasteiger partial charge in [0.2, 0.25) is 0 Å². The molecule has 0 spiro atoms. The molecule has 1 saturated carbocycles. The van der Waals surface area contributed by atoms with Crippen LogP contribution in [0.5, 0.6) is 5.75 Å². The van der Waals surface area contributed by atoms with Crippen molar-refractivity contribution in [1.29, 1.82) is 0 Å². The van der Waals surface area contributed by atoms with E-state index >= 15 is 0 Å². The van der Waals surface area contributed by atoms with Crippen molar-refractivity contribution in [2.75, 3.05) is 6.61 Å². The summed E-state index contributed by atoms with van der Waals surface area (Å²) in [6, 6.07) is 9.29. The second-order valence-electron chi connectivity index (χ2n) is 5.92. The SMILES string of the molecule is CCCCOc1ccc(CNC2CCCCCC2)cc1. The molecule has 1 aliphatic rings. The molecule has 1 aromatic rings. The highest BCUT2D eigenvalue weighted by Gasteiger charge is 2.11. The van der Waals surface area contributed by atoms with E-state index in [1.54, 1.807) is 0 Å². The molecule has 2 rings (SSSR count). The summed E-state index contributed by atoms with van der Waals surface area (Å²) in [4.78, 5) is 0. The first-order valence-electron chi connectivity index (χ1n) is 8.33. The molecule has 0 aromatic heterocycles. The number of rotatable bonds is 7. The molecule has 1 N–H and O–H groups in total. The maximum Gasteiger partial charge on any atom is 0.119 e. The number of nitrogens with one attached hydrogen (secondary N) is 1. The van der Waals surface area contributed by atoms with E-state index in [9.17, 15) is 0 Å². The first-order valence-corrected chi connectivity index (χ1v) is 8.33. The predicted octanol–water partition coefficient (Wildman–Crippen LogP) is 4.68. The van der Waals surface area contributed by atoms with Crippen LogP contribution in [-0.2, 0) is 6.54 Å². The third kappa shape index (κ3) is 5.54. The summed E-state index contributed by atoms with van der Waals surface area (Å²) in [5.74, 6) is 0.997. The Morgan fingerprint density at radius 3 is 2.40 bits per heavy atom. The third-order valence-corrected chi connectivity index (χ3v) is 4.14. The van der Waals surface area contributed by atoms with Crippen molar-refractivity contribution in [3.8, 4) is 5.75 Å². The molecule has 20 heavy (non-hydrogen) atoms. The van der Waals surface area contributed by atoms with Gasteiger partial charge in [-0.25, -0.2) is 0 Å². The average Bonchev–Trinajstić information content (AvgIpc) is 2.75. The lowest BCUT2D eigenvalue weighted by Crippen LogP contribution is -2.27. The van der Waals surface area contributed by atoms with E-state index in [4.69, 9.17) is 4.74 Å². The normalized spacial score (nSPS) is 16.9. The fraction of sp³-hybridized carbons (Fsp3) is 0.667. The molecule has 0 aliphatic heterocycles. The van der Waals surface area contributed by atoms with E-state index in [1.807, 2.05) is 0 Å². The summed E-state index contributed by atoms with van der Waals surface area (Å²) >= 11 is 0. The molecular formula is C18H29NO. The van der Waals surface area contributed by atoms with Gasteiger partial charge in [0.1, 0.15) is 5.75 Å². The molecule has 2 nitrogen and oxygen atoms in total. The minimum Gasteiger partial charge on any atom is -0.494 e. The zero-order valence-corrected chi connectivity index (χ0v) is 12.9. The Balaban J connectivity index is 1.72. The van der Waals surface area contributed by atoms with Gasteiger partial charge in [-0.15, -0.1) is 0 Å². The van der Waals surface area contributed by atoms with E-state index in [1.165, 1.54) is 50.5 Å². The summed E-state index contributed by atoms with van der Waals surface area (Å²) in [7, 11) is 0. The summed E-state index contributed by atoms with van der Waals surface area (Å²) in [5.41, 5.74) is 1.36. The molecule has 1 aliphatic carbocycles. The van der Waals surface area contributed by atoms with Crippen molar-refractivity contribution >= 4 is 0 Å². The Morgan fingerprint density at radius 2 is 1.75 bits per heavy atom. The van der Waals surface area contributed by atoms with Crippen molar-refractivity contribution in [2.24, 2.45) is 0 Å². The maximum atomic E-state index is 5.69. The lowest BCUT2D eigenvalue weighted by atomic mass is 10.1. The number of unbranched alkanes of at least 4 members (excludes halogenated alkanes) is 1. The van der Waals surface area contributed by atoms with Crippen LogP contribution in [0.1, 0.15) is 63.9 Å². The van der Waals surface area contributed by atoms with Gasteiger partial charge in [-0.1, -0.05) is 51.2 Å². The van der Waals surface area contributed by atoms with E-state index in [-0.39, 0.29) is 0 Å². The van der Waals surface area contributed by atoms with Crippen molar-refractivity contribution in [2.45, 2.75) is 70.9 Å². The van der Waals surface area contributed by atoms with E-state index in [2.05, 4.69) is 36.5 Å². The van der Waals surface area contributed by atoms with Crippen LogP contribution in [0.15, 0.2) is 24.3 Å². The fourth-order valence-corrected chi connectivity index (χ4v) is 2.78. The van der Waals surface area contributed by atoms with Crippen molar-refractivity contribution in [1.82, 2.24) is 5.32 Å². The highest BCUT2D eigenvalue weighted by atomic mass is 16.5. The molecule has 0 amide bonds. The third-order valence-electron chi connectivity index (χ3n) is 4.14. The molecule has 1 fully saturated rings. The van der Waals surface area contributed by atoms with Crippen molar-refractivity contribution in [3.63, 3.8) is 0 Å². The molecule has 0 atom stereocenters. The van der Waals surface area contributed by atoms with Crippen LogP contribution in [0.3, 0.4) is 0 Å². The zero-order chi connectivity index (χ0) is 14.0. The Morgan fingerprint density at radius 1 is 1.05 bits per heavy atom. The Kier molecular flexibility index (Phi) is 6.93. The van der Waals surface area contributed by atoms with Crippen molar-refractivity contribution in [3.05, 3.63) is 29.8 Å². The number of benzene rings is 1. The largest absolute Gasteiger partial charge is 0.494 e. The number of hydrogen-bond acceptors (Lipinski definition) is 2. The first-order chi connectivity index (χ1) is 9.88. The maximum absolute atomic E-state index is 5.69. The van der Waals surface area contributed by atoms with Gasteiger partial charge in [-0.05, 0) is 37.0 Å². The average molecular weight is 275 g/mol. The molecule has 1 aromatic carbocycles. The molecule has 2 heteroatoms. The standard InChI is InChI=1S/C18H29NO/c1-2-3-14-20-18-12-10-16(11-13-18)15-19-17-8-6-4-5-7-9-17/h10-13,17,19H,2-9,14-15H2,1H3. The Hall–Kier alpha value is -1.02. The number of hydrogen-bond donors (Lipinski definition) is 1. The van der Waals surface area contributed by atoms with Crippen LogP contribution in [-0.4, -0.2) is 12.6 Å². The first kappa shape index (κ1) is 15.4. The predicted molar refractivity (Wildman–Crippen MR) is 85.2 cm³/mol. The van der Waals surface area contributed by atoms with Crippen LogP contribution < -0.4 is 10.1 Å². The van der Waals surface area contributed by atoms with Gasteiger partial charge in [-0.2, -0.15) is 0 Å². The summed E-state index contributed by atoms with van der Waals surface area (Å²) in [6.07, 6.45) is 10.6. The topological polar surface area (TPSA) is 21.3 Å². The minimum atomic E-state index is 0.720. The number of ether oxygens (including phenoxy) is 1. The van der Waals surface area contributed by atoms with E-state index < -0.39 is 0 Å². The quantitative estimate of drug-likeness (QED) is 0.576. The van der Waals surface area contributed by atoms with Crippen molar-refractivity contribution < 1.29 is 4.74 Å². The van der Waals surface area contributed by atoms with E-state index in [0.29, 0.717) is 0 Å². The molecule has 0 saturated heterocycles. The molecule has 112 valence electrons. The molecule has 0 unspecified atom stereocenters. The van der Waals surface area contributed by atoms with Gasteiger partial charge in [-0.3, -0.25) is 0 Å². The van der Waals surface area contributed by atoms with Crippen LogP contribution in [0, 0.1) is 0 Å². The highest BCUT2D eigenvalue weighted by molar-refractivity contribution is 5.27. The lowest BCUT2D eigenvalue weighted by Gasteiger charge is -2.16. The van der Waals surface area contributed by atoms with Crippen LogP contribution >= 0.6 is 0 Å². The van der Waals surface area contributed by atoms with Gasteiger partial charge in [0.05, 0.1) is 6.61 Å². The van der Waals surface area contributed by atoms with Crippen LogP contribution in [0.25, 0.3) is 0 Å². The monoisotopic (exact) mass is 275 g/mol. The summed E-state index contributed by atoms with van der Waals surface area (Å²) < 4.78 is 5.69. The second-order valence-corrected chi connectivity index (χ2v) is 5.92. The molecule has 0 bridgehead atoms. The van der Waals surface area contributed by atoms with Crippen LogP contribution in [0.2, 0.25) is 0 Å². The Bertz CT molecular complexity index is 352. The summed E-state index contributed by atoms with van der Waals surface area (Å²) in [5, 5.41) is 3.71. The van der Waals surface area contributed by atoms with Gasteiger partial charge in [0.15, 0.2) is 0 Å². The van der Waals surface area contributed by atoms with Gasteiger partial charge < -0.3 is 10.1 Å². The second kappa shape index (κ2) is 9.02. The fourth-order valence-electron chi connectivity index (χ4n) is 2.78. The minimum absolute atomic E-state index is 0.720. The smallest absolute Gasteiger partial charge is 0.119 e. The van der Waals surface area contributed by atoms with E-state index in [0.717, 1.165) is 31.4 Å².